The molecule has 3 N–H and O–H groups in total. The lowest BCUT2D eigenvalue weighted by Gasteiger charge is -2.18. The third-order valence-electron chi connectivity index (χ3n) is 4.44. The number of carbonyl (C=O) groups excluding carboxylic acids is 1. The van der Waals surface area contributed by atoms with Crippen molar-refractivity contribution in [3.8, 4) is 0 Å². The summed E-state index contributed by atoms with van der Waals surface area (Å²) in [6.07, 6.45) is 4.74. The van der Waals surface area contributed by atoms with Crippen LogP contribution in [0.25, 0.3) is 6.08 Å². The van der Waals surface area contributed by atoms with Crippen molar-refractivity contribution in [2.45, 2.75) is 24.8 Å². The number of anilines is 1. The number of nitrogens with one attached hydrogen (secondary N) is 3. The van der Waals surface area contributed by atoms with Crippen molar-refractivity contribution in [2.24, 2.45) is 13.0 Å². The fourth-order valence-corrected chi connectivity index (χ4v) is 4.60. The highest BCUT2D eigenvalue weighted by Gasteiger charge is 2.29. The number of nitrogens with zero attached hydrogens (tertiary/aromatic N) is 1. The summed E-state index contributed by atoms with van der Waals surface area (Å²) in [5.41, 5.74) is 0.0695. The van der Waals surface area contributed by atoms with Gasteiger partial charge >= 0.3 is 0 Å². The van der Waals surface area contributed by atoms with Crippen LogP contribution in [0.4, 0.5) is 18.9 Å². The normalized spacial score (nSPS) is 21.5. The molecule has 150 valence electrons. The summed E-state index contributed by atoms with van der Waals surface area (Å²) in [6.45, 7) is 3.80. The van der Waals surface area contributed by atoms with Gasteiger partial charge in [0.2, 0.25) is 0 Å². The van der Waals surface area contributed by atoms with E-state index in [0.29, 0.717) is 12.1 Å². The Morgan fingerprint density at radius 1 is 1.29 bits per heavy atom. The summed E-state index contributed by atoms with van der Waals surface area (Å²) in [5.74, 6) is -5.17. The predicted molar refractivity (Wildman–Crippen MR) is 99.6 cm³/mol. The number of hydrogen-bond acceptors (Lipinski definition) is 3. The zero-order chi connectivity index (χ0) is 20.8. The van der Waals surface area contributed by atoms with Crippen molar-refractivity contribution in [1.29, 1.82) is 4.78 Å². The molecule has 1 aromatic heterocycles. The van der Waals surface area contributed by atoms with Crippen LogP contribution < -0.4 is 10.0 Å². The number of carbonyl (C=O) groups is 1. The fourth-order valence-electron chi connectivity index (χ4n) is 2.96. The largest absolute Gasteiger partial charge is 0.345 e. The molecule has 1 aliphatic heterocycles. The van der Waals surface area contributed by atoms with E-state index in [1.165, 1.54) is 17.8 Å². The van der Waals surface area contributed by atoms with Crippen LogP contribution in [0.2, 0.25) is 0 Å². The van der Waals surface area contributed by atoms with Gasteiger partial charge in [-0.15, -0.1) is 0 Å². The fraction of sp³-hybridized carbons (Fsp3) is 0.278. The van der Waals surface area contributed by atoms with Crippen molar-refractivity contribution in [3.05, 3.63) is 53.1 Å². The molecule has 2 unspecified atom stereocenters. The van der Waals surface area contributed by atoms with Crippen LogP contribution in [0.15, 0.2) is 29.3 Å². The first kappa shape index (κ1) is 20.2. The molecule has 0 fully saturated rings. The van der Waals surface area contributed by atoms with E-state index in [9.17, 15) is 22.2 Å². The van der Waals surface area contributed by atoms with E-state index in [1.54, 1.807) is 12.2 Å². The quantitative estimate of drug-likeness (QED) is 0.672. The molecule has 0 bridgehead atoms. The minimum absolute atomic E-state index is 0.0579. The van der Waals surface area contributed by atoms with Gasteiger partial charge in [-0.2, -0.15) is 0 Å². The van der Waals surface area contributed by atoms with Gasteiger partial charge in [0.15, 0.2) is 17.5 Å². The lowest BCUT2D eigenvalue weighted by molar-refractivity contribution is 0.101. The van der Waals surface area contributed by atoms with E-state index in [4.69, 9.17) is 4.78 Å². The third-order valence-corrected chi connectivity index (χ3v) is 5.99. The minimum atomic E-state index is -3.38. The van der Waals surface area contributed by atoms with Crippen molar-refractivity contribution < 1.29 is 22.2 Å². The van der Waals surface area contributed by atoms with Crippen LogP contribution in [0.3, 0.4) is 0 Å². The Hall–Kier alpha value is -2.59. The van der Waals surface area contributed by atoms with Crippen molar-refractivity contribution in [1.82, 2.24) is 9.29 Å². The predicted octanol–water partition coefficient (Wildman–Crippen LogP) is 3.66. The lowest BCUT2D eigenvalue weighted by Crippen LogP contribution is -2.35. The van der Waals surface area contributed by atoms with Gasteiger partial charge in [0.1, 0.15) is 15.6 Å². The molecule has 1 aromatic carbocycles. The van der Waals surface area contributed by atoms with Gasteiger partial charge in [-0.05, 0) is 5.92 Å². The zero-order valence-corrected chi connectivity index (χ0v) is 16.2. The number of aryl methyl sites for hydroxylation is 1. The number of aromatic nitrogens is 1. The van der Waals surface area contributed by atoms with E-state index in [1.807, 2.05) is 13.8 Å². The summed E-state index contributed by atoms with van der Waals surface area (Å²) in [7, 11) is -1.86. The number of hydrogen-bond donors (Lipinski definition) is 3. The van der Waals surface area contributed by atoms with Crippen molar-refractivity contribution in [2.75, 3.05) is 5.32 Å². The van der Waals surface area contributed by atoms with Gasteiger partial charge in [0, 0.05) is 42.7 Å². The molecule has 0 spiro atoms. The van der Waals surface area contributed by atoms with E-state index in [-0.39, 0.29) is 33.8 Å². The number of halogens is 3. The number of benzene rings is 1. The average molecular weight is 412 g/mol. The molecule has 6 nitrogen and oxygen atoms in total. The van der Waals surface area contributed by atoms with Gasteiger partial charge in [0.25, 0.3) is 5.91 Å². The van der Waals surface area contributed by atoms with Gasteiger partial charge in [-0.3, -0.25) is 4.79 Å². The topological polar surface area (TPSA) is 87.0 Å². The van der Waals surface area contributed by atoms with E-state index < -0.39 is 33.3 Å². The Balaban J connectivity index is 2.04. The highest BCUT2D eigenvalue weighted by Crippen LogP contribution is 2.29. The Bertz CT molecular complexity index is 1070. The SMILES string of the molecule is CC(C)C1C=Cc2c(cn(C)c2C(=O)Nc2cc(F)c(F)c(F)c2)S(=N)(=O)N1. The van der Waals surface area contributed by atoms with Crippen LogP contribution in [-0.2, 0) is 17.0 Å². The molecule has 28 heavy (non-hydrogen) atoms. The minimum Gasteiger partial charge on any atom is -0.345 e. The number of fused-ring (bicyclic) bond motifs is 1. The summed E-state index contributed by atoms with van der Waals surface area (Å²) >= 11 is 0. The first-order valence-corrected chi connectivity index (χ1v) is 9.96. The van der Waals surface area contributed by atoms with Crippen LogP contribution >= 0.6 is 0 Å². The molecule has 2 heterocycles. The molecular weight excluding hydrogens is 393 g/mol. The Morgan fingerprint density at radius 2 is 1.89 bits per heavy atom. The van der Waals surface area contributed by atoms with E-state index in [2.05, 4.69) is 10.0 Å². The zero-order valence-electron chi connectivity index (χ0n) is 15.3. The maximum atomic E-state index is 13.4. The van der Waals surface area contributed by atoms with Crippen LogP contribution in [0.5, 0.6) is 0 Å². The first-order valence-electron chi connectivity index (χ1n) is 8.40. The maximum Gasteiger partial charge on any atom is 0.272 e. The van der Waals surface area contributed by atoms with E-state index in [0.717, 1.165) is 0 Å². The summed E-state index contributed by atoms with van der Waals surface area (Å²) < 4.78 is 65.2. The molecule has 1 amide bonds. The second-order valence-corrected chi connectivity index (χ2v) is 8.67. The smallest absolute Gasteiger partial charge is 0.272 e. The highest BCUT2D eigenvalue weighted by atomic mass is 32.2. The van der Waals surface area contributed by atoms with Crippen molar-refractivity contribution >= 4 is 27.6 Å². The van der Waals surface area contributed by atoms with Crippen molar-refractivity contribution in [3.63, 3.8) is 0 Å². The summed E-state index contributed by atoms with van der Waals surface area (Å²) in [6, 6.07) is 0.995. The molecule has 1 aliphatic rings. The van der Waals surface area contributed by atoms with Crippen LogP contribution in [0.1, 0.15) is 29.9 Å². The van der Waals surface area contributed by atoms with Gasteiger partial charge in [-0.25, -0.2) is 26.9 Å². The highest BCUT2D eigenvalue weighted by molar-refractivity contribution is 7.90. The molecule has 0 saturated heterocycles. The van der Waals surface area contributed by atoms with Gasteiger partial charge in [-0.1, -0.05) is 26.0 Å². The molecule has 0 saturated carbocycles. The monoisotopic (exact) mass is 412 g/mol. The Kier molecular flexibility index (Phi) is 5.11. The third kappa shape index (κ3) is 3.57. The molecule has 10 heteroatoms. The maximum absolute atomic E-state index is 13.4. The molecular formula is C18H19F3N4O2S. The number of amides is 1. The molecule has 2 aromatic rings. The summed E-state index contributed by atoms with van der Waals surface area (Å²) in [4.78, 5) is 12.9. The molecule has 0 radical (unpaired) electrons. The molecule has 0 aliphatic carbocycles. The summed E-state index contributed by atoms with van der Waals surface area (Å²) in [5, 5.41) is 2.31. The Morgan fingerprint density at radius 3 is 2.46 bits per heavy atom. The second-order valence-electron chi connectivity index (χ2n) is 6.88. The first-order chi connectivity index (χ1) is 13.0. The molecule has 2 atom stereocenters. The Labute approximate surface area is 160 Å². The van der Waals surface area contributed by atoms with Crippen LogP contribution in [0, 0.1) is 28.1 Å². The van der Waals surface area contributed by atoms with Crippen LogP contribution in [-0.4, -0.2) is 20.7 Å². The lowest BCUT2D eigenvalue weighted by atomic mass is 10.0. The van der Waals surface area contributed by atoms with Gasteiger partial charge in [0.05, 0.1) is 4.90 Å². The standard InChI is InChI=1S/C18H19F3N4O2S/c1-9(2)14-5-4-11-15(28(22,27)24-14)8-25(3)17(11)18(26)23-10-6-12(19)16(21)13(20)7-10/h4-9,14H,1-3H3,(H,23,26)(H2,22,24,27). The van der Waals surface area contributed by atoms with Gasteiger partial charge < -0.3 is 9.88 Å². The second kappa shape index (κ2) is 7.10. The molecule has 3 rings (SSSR count). The van der Waals surface area contributed by atoms with E-state index >= 15 is 0 Å². The average Bonchev–Trinajstić information content (AvgIpc) is 2.87. The number of rotatable bonds is 3.